The highest BCUT2D eigenvalue weighted by molar-refractivity contribution is 7.98. The summed E-state index contributed by atoms with van der Waals surface area (Å²) in [6.45, 7) is 7.26. The molecular formula is C30H37F4N3O2S. The Hall–Kier alpha value is -3.29. The monoisotopic (exact) mass is 579 g/mol. The van der Waals surface area contributed by atoms with Gasteiger partial charge in [-0.05, 0) is 48.6 Å². The average Bonchev–Trinajstić information content (AvgIpc) is 3.31. The molecule has 1 aliphatic heterocycles. The van der Waals surface area contributed by atoms with Crippen molar-refractivity contribution in [1.29, 1.82) is 0 Å². The molecule has 0 unspecified atom stereocenters. The Balaban J connectivity index is 0.00000134. The van der Waals surface area contributed by atoms with Gasteiger partial charge < -0.3 is 24.7 Å². The second-order valence-electron chi connectivity index (χ2n) is 8.00. The minimum absolute atomic E-state index is 0.123. The summed E-state index contributed by atoms with van der Waals surface area (Å²) in [5.41, 5.74) is 2.19. The number of hydrogen-bond acceptors (Lipinski definition) is 5. The Morgan fingerprint density at radius 1 is 1.07 bits per heavy atom. The molecule has 1 aromatic heterocycles. The third kappa shape index (κ3) is 8.86. The molecule has 0 aliphatic carbocycles. The maximum absolute atomic E-state index is 14.2. The molecule has 40 heavy (non-hydrogen) atoms. The standard InChI is InChI=1S/C26H25F4N3O2S.2C2H6/c1-34-25-14-18(36-2)8-9-23(25)31-11-4-5-17-13-19-21(32-22-10-12-35-15-20(22)27)6-3-7-24(19)33(17)16-26(28,29)30;2*1-2/h3,6-9,13-14,31-32H,10-12,15-16H2,1-2H3;2*1-2H3. The Kier molecular flexibility index (Phi) is 13.2. The molecule has 10 heteroatoms. The number of fused-ring (bicyclic) bond motifs is 1. The fourth-order valence-electron chi connectivity index (χ4n) is 3.92. The highest BCUT2D eigenvalue weighted by Gasteiger charge is 2.30. The number of nitrogens with zero attached hydrogens (tertiary/aromatic N) is 1. The number of halogens is 4. The predicted octanol–water partition coefficient (Wildman–Crippen LogP) is 8.46. The van der Waals surface area contributed by atoms with Crippen LogP contribution in [0.15, 0.2) is 58.9 Å². The van der Waals surface area contributed by atoms with Gasteiger partial charge in [-0.1, -0.05) is 39.7 Å². The van der Waals surface area contributed by atoms with E-state index in [4.69, 9.17) is 9.47 Å². The first-order valence-corrected chi connectivity index (χ1v) is 14.4. The van der Waals surface area contributed by atoms with Gasteiger partial charge in [0.1, 0.15) is 24.7 Å². The van der Waals surface area contributed by atoms with Crippen LogP contribution < -0.4 is 15.4 Å². The Morgan fingerprint density at radius 3 is 2.48 bits per heavy atom. The van der Waals surface area contributed by atoms with Crippen LogP contribution >= 0.6 is 11.8 Å². The van der Waals surface area contributed by atoms with Crippen molar-refractivity contribution in [2.24, 2.45) is 0 Å². The van der Waals surface area contributed by atoms with Crippen LogP contribution in [0.3, 0.4) is 0 Å². The number of anilines is 2. The first kappa shape index (κ1) is 32.9. The number of ether oxygens (including phenoxy) is 2. The van der Waals surface area contributed by atoms with Crippen LogP contribution in [0.5, 0.6) is 5.75 Å². The Morgan fingerprint density at radius 2 is 1.82 bits per heavy atom. The summed E-state index contributed by atoms with van der Waals surface area (Å²) in [6, 6.07) is 12.2. The number of thioether (sulfide) groups is 1. The minimum atomic E-state index is -4.44. The number of benzene rings is 2. The van der Waals surface area contributed by atoms with E-state index in [-0.39, 0.29) is 18.8 Å². The third-order valence-corrected chi connectivity index (χ3v) is 6.34. The van der Waals surface area contributed by atoms with Gasteiger partial charge in [0, 0.05) is 22.4 Å². The van der Waals surface area contributed by atoms with Gasteiger partial charge >= 0.3 is 6.18 Å². The molecule has 0 atom stereocenters. The van der Waals surface area contributed by atoms with Crippen molar-refractivity contribution >= 4 is 34.0 Å². The fraction of sp³-hybridized carbons (Fsp3) is 0.400. The maximum atomic E-state index is 14.2. The van der Waals surface area contributed by atoms with Crippen molar-refractivity contribution < 1.29 is 27.0 Å². The summed E-state index contributed by atoms with van der Waals surface area (Å²) in [5.74, 6) is 6.01. The number of rotatable bonds is 7. The lowest BCUT2D eigenvalue weighted by Gasteiger charge is -2.18. The first-order valence-electron chi connectivity index (χ1n) is 13.1. The highest BCUT2D eigenvalue weighted by Crippen LogP contribution is 2.32. The van der Waals surface area contributed by atoms with Gasteiger partial charge in [0.25, 0.3) is 0 Å². The van der Waals surface area contributed by atoms with Crippen molar-refractivity contribution in [2.45, 2.75) is 51.7 Å². The number of alkyl halides is 3. The first-order chi connectivity index (χ1) is 19.3. The predicted molar refractivity (Wildman–Crippen MR) is 158 cm³/mol. The molecule has 0 bridgehead atoms. The molecule has 2 N–H and O–H groups in total. The Bertz CT molecular complexity index is 1340. The van der Waals surface area contributed by atoms with Crippen molar-refractivity contribution in [2.75, 3.05) is 43.8 Å². The molecule has 4 rings (SSSR count). The molecule has 0 radical (unpaired) electrons. The summed E-state index contributed by atoms with van der Waals surface area (Å²) < 4.78 is 66.1. The van der Waals surface area contributed by atoms with Crippen LogP contribution in [0.1, 0.15) is 39.8 Å². The number of nitrogens with one attached hydrogen (secondary N) is 2. The van der Waals surface area contributed by atoms with Crippen LogP contribution in [-0.4, -0.2) is 43.9 Å². The lowest BCUT2D eigenvalue weighted by atomic mass is 10.2. The molecule has 0 saturated carbocycles. The number of methoxy groups -OCH3 is 1. The van der Waals surface area contributed by atoms with Crippen LogP contribution in [0.4, 0.5) is 28.9 Å². The average molecular weight is 580 g/mol. The van der Waals surface area contributed by atoms with E-state index in [2.05, 4.69) is 22.5 Å². The number of hydrogen-bond donors (Lipinski definition) is 2. The molecule has 1 aliphatic rings. The topological polar surface area (TPSA) is 47.4 Å². The van der Waals surface area contributed by atoms with Crippen LogP contribution in [0.25, 0.3) is 10.9 Å². The highest BCUT2D eigenvalue weighted by atomic mass is 32.2. The molecule has 0 saturated heterocycles. The molecule has 0 amide bonds. The van der Waals surface area contributed by atoms with Gasteiger partial charge in [-0.25, -0.2) is 4.39 Å². The Labute approximate surface area is 238 Å². The summed E-state index contributed by atoms with van der Waals surface area (Å²) in [6.07, 6.45) is -2.12. The second-order valence-corrected chi connectivity index (χ2v) is 8.88. The quantitative estimate of drug-likeness (QED) is 0.167. The molecule has 0 spiro atoms. The smallest absolute Gasteiger partial charge is 0.406 e. The van der Waals surface area contributed by atoms with Crippen LogP contribution in [0, 0.1) is 11.8 Å². The summed E-state index contributed by atoms with van der Waals surface area (Å²) in [5, 5.41) is 6.72. The van der Waals surface area contributed by atoms with E-state index in [0.717, 1.165) is 15.1 Å². The molecule has 218 valence electrons. The van der Waals surface area contributed by atoms with E-state index < -0.39 is 18.5 Å². The van der Waals surface area contributed by atoms with Crippen LogP contribution in [-0.2, 0) is 11.3 Å². The molecule has 2 aromatic carbocycles. The molecule has 2 heterocycles. The van der Waals surface area contributed by atoms with Gasteiger partial charge in [-0.15, -0.1) is 11.8 Å². The SMILES string of the molecule is CC.CC.COc1cc(SC)ccc1NCC#Cc1cc2c(NC3=C(F)COCC3)cccc2n1CC(F)(F)F. The zero-order chi connectivity index (χ0) is 29.7. The molecule has 0 fully saturated rings. The zero-order valence-electron chi connectivity index (χ0n) is 23.8. The molecule has 3 aromatic rings. The van der Waals surface area contributed by atoms with E-state index in [1.807, 2.05) is 52.1 Å². The van der Waals surface area contributed by atoms with E-state index in [0.29, 0.717) is 41.1 Å². The van der Waals surface area contributed by atoms with Crippen molar-refractivity contribution in [1.82, 2.24) is 4.57 Å². The second kappa shape index (κ2) is 16.1. The van der Waals surface area contributed by atoms with Gasteiger partial charge in [0.2, 0.25) is 0 Å². The summed E-state index contributed by atoms with van der Waals surface area (Å²) in [4.78, 5) is 1.04. The van der Waals surface area contributed by atoms with E-state index in [1.165, 1.54) is 0 Å². The lowest BCUT2D eigenvalue weighted by molar-refractivity contribution is -0.140. The largest absolute Gasteiger partial charge is 0.495 e. The fourth-order valence-corrected chi connectivity index (χ4v) is 4.35. The van der Waals surface area contributed by atoms with Crippen LogP contribution in [0.2, 0.25) is 0 Å². The van der Waals surface area contributed by atoms with Crippen molar-refractivity contribution in [3.05, 3.63) is 59.7 Å². The van der Waals surface area contributed by atoms with E-state index in [9.17, 15) is 17.6 Å². The van der Waals surface area contributed by atoms with Gasteiger partial charge in [0.05, 0.1) is 42.9 Å². The maximum Gasteiger partial charge on any atom is 0.406 e. The molecule has 5 nitrogen and oxygen atoms in total. The van der Waals surface area contributed by atoms with Gasteiger partial charge in [0.15, 0.2) is 0 Å². The minimum Gasteiger partial charge on any atom is -0.495 e. The van der Waals surface area contributed by atoms with Gasteiger partial charge in [-0.3, -0.25) is 0 Å². The molecular weight excluding hydrogens is 542 g/mol. The van der Waals surface area contributed by atoms with E-state index in [1.54, 1.807) is 43.1 Å². The lowest BCUT2D eigenvalue weighted by Crippen LogP contribution is -2.18. The van der Waals surface area contributed by atoms with Crippen molar-refractivity contribution in [3.63, 3.8) is 0 Å². The van der Waals surface area contributed by atoms with Gasteiger partial charge in [-0.2, -0.15) is 13.2 Å². The number of aromatic nitrogens is 1. The zero-order valence-corrected chi connectivity index (χ0v) is 24.6. The normalized spacial score (nSPS) is 12.8. The third-order valence-electron chi connectivity index (χ3n) is 5.61. The summed E-state index contributed by atoms with van der Waals surface area (Å²) >= 11 is 1.59. The summed E-state index contributed by atoms with van der Waals surface area (Å²) in [7, 11) is 1.57. The van der Waals surface area contributed by atoms with Crippen molar-refractivity contribution in [3.8, 4) is 17.6 Å². The van der Waals surface area contributed by atoms with E-state index >= 15 is 0 Å².